The average Bonchev–Trinajstić information content (AvgIpc) is 3.31. The van der Waals surface area contributed by atoms with Gasteiger partial charge in [-0.15, -0.1) is 0 Å². The molecule has 1 atom stereocenters. The molecule has 0 spiro atoms. The van der Waals surface area contributed by atoms with Crippen LogP contribution in [0.1, 0.15) is 85.1 Å². The van der Waals surface area contributed by atoms with Crippen LogP contribution in [-0.4, -0.2) is 43.8 Å². The summed E-state index contributed by atoms with van der Waals surface area (Å²) in [5.74, 6) is -2.97. The van der Waals surface area contributed by atoms with Gasteiger partial charge in [-0.3, -0.25) is 9.59 Å². The molecule has 1 saturated carbocycles. The fourth-order valence-electron chi connectivity index (χ4n) is 4.97. The van der Waals surface area contributed by atoms with E-state index >= 15 is 0 Å². The van der Waals surface area contributed by atoms with Crippen LogP contribution in [0.2, 0.25) is 0 Å². The number of carbonyl (C=O) groups is 2. The van der Waals surface area contributed by atoms with Crippen molar-refractivity contribution in [2.45, 2.75) is 96.8 Å². The summed E-state index contributed by atoms with van der Waals surface area (Å²) in [6.07, 6.45) is 4.95. The number of esters is 2. The van der Waals surface area contributed by atoms with Crippen LogP contribution in [0.25, 0.3) is 15.5 Å². The maximum absolute atomic E-state index is 14.0. The highest BCUT2D eigenvalue weighted by Crippen LogP contribution is 2.40. The number of benzene rings is 1. The first-order chi connectivity index (χ1) is 19.3. The van der Waals surface area contributed by atoms with E-state index in [-0.39, 0.29) is 28.9 Å². The Balaban J connectivity index is 1.70. The molecule has 11 heteroatoms. The third-order valence-electron chi connectivity index (χ3n) is 6.65. The molecular weight excluding hydrogens is 544 g/mol. The van der Waals surface area contributed by atoms with Gasteiger partial charge in [0, 0.05) is 11.6 Å². The van der Waals surface area contributed by atoms with Crippen molar-refractivity contribution >= 4 is 28.2 Å². The highest BCUT2D eigenvalue weighted by Gasteiger charge is 2.46. The monoisotopic (exact) mass is 580 g/mol. The third-order valence-corrected chi connectivity index (χ3v) is 7.61. The van der Waals surface area contributed by atoms with Crippen LogP contribution in [0, 0.1) is 0 Å². The first-order valence-corrected chi connectivity index (χ1v) is 14.8. The Hall–Kier alpha value is -3.73. The zero-order chi connectivity index (χ0) is 29.5. The zero-order valence-electron chi connectivity index (χ0n) is 24.3. The quantitative estimate of drug-likeness (QED) is 0.410. The molecule has 3 heterocycles. The fraction of sp³-hybridized carbons (Fsp3) is 0.500. The summed E-state index contributed by atoms with van der Waals surface area (Å²) < 4.78 is 18.9. The van der Waals surface area contributed by atoms with E-state index in [9.17, 15) is 14.4 Å². The van der Waals surface area contributed by atoms with Gasteiger partial charge >= 0.3 is 11.9 Å². The average molecular weight is 581 g/mol. The fourth-order valence-corrected chi connectivity index (χ4v) is 5.86. The van der Waals surface area contributed by atoms with Gasteiger partial charge in [-0.05, 0) is 54.4 Å². The van der Waals surface area contributed by atoms with E-state index in [2.05, 4.69) is 15.4 Å². The van der Waals surface area contributed by atoms with E-state index < -0.39 is 34.6 Å². The molecule has 1 N–H and O–H groups in total. The molecule has 1 unspecified atom stereocenters. The summed E-state index contributed by atoms with van der Waals surface area (Å²) in [5, 5.41) is 8.43. The molecule has 1 fully saturated rings. The van der Waals surface area contributed by atoms with Gasteiger partial charge in [-0.25, -0.2) is 4.79 Å². The van der Waals surface area contributed by atoms with Crippen LogP contribution in [0.3, 0.4) is 0 Å². The molecule has 1 aliphatic heterocycles. The minimum atomic E-state index is -1.43. The Morgan fingerprint density at radius 3 is 2.29 bits per heavy atom. The Bertz CT molecular complexity index is 1560. The molecule has 0 radical (unpaired) electrons. The van der Waals surface area contributed by atoms with Crippen molar-refractivity contribution in [3.8, 4) is 16.5 Å². The zero-order valence-corrected chi connectivity index (χ0v) is 25.1. The number of rotatable bonds is 5. The summed E-state index contributed by atoms with van der Waals surface area (Å²) in [4.78, 5) is 46.6. The molecule has 41 heavy (non-hydrogen) atoms. The highest BCUT2D eigenvalue weighted by molar-refractivity contribution is 7.19. The predicted octanol–water partition coefficient (Wildman–Crippen LogP) is 5.11. The first kappa shape index (κ1) is 28.8. The number of hydrogen-bond acceptors (Lipinski definition) is 10. The smallest absolute Gasteiger partial charge is 0.341 e. The molecule has 0 saturated heterocycles. The van der Waals surface area contributed by atoms with E-state index in [0.717, 1.165) is 42.2 Å². The molecule has 2 aliphatic rings. The number of nitrogens with zero attached hydrogens (tertiary/aromatic N) is 3. The molecule has 5 rings (SSSR count). The Morgan fingerprint density at radius 2 is 1.66 bits per heavy atom. The molecule has 3 aromatic rings. The van der Waals surface area contributed by atoms with E-state index in [1.807, 2.05) is 30.3 Å². The molecule has 218 valence electrons. The van der Waals surface area contributed by atoms with Gasteiger partial charge in [0.1, 0.15) is 33.3 Å². The van der Waals surface area contributed by atoms with Crippen LogP contribution in [0.4, 0.5) is 0 Å². The van der Waals surface area contributed by atoms with Crippen molar-refractivity contribution in [3.63, 3.8) is 0 Å². The van der Waals surface area contributed by atoms with Gasteiger partial charge in [-0.1, -0.05) is 60.9 Å². The number of nitrogens with one attached hydrogen (secondary N) is 1. The minimum Gasteiger partial charge on any atom is -0.459 e. The van der Waals surface area contributed by atoms with Gasteiger partial charge < -0.3 is 19.5 Å². The maximum atomic E-state index is 14.0. The summed E-state index contributed by atoms with van der Waals surface area (Å²) in [5.41, 5.74) is -1.77. The predicted molar refractivity (Wildman–Crippen MR) is 155 cm³/mol. The van der Waals surface area contributed by atoms with Crippen molar-refractivity contribution < 1.29 is 23.8 Å². The molecule has 0 amide bonds. The van der Waals surface area contributed by atoms with Crippen LogP contribution in [0.5, 0.6) is 5.88 Å². The first-order valence-electron chi connectivity index (χ1n) is 13.9. The summed E-state index contributed by atoms with van der Waals surface area (Å²) in [6, 6.07) is 9.45. The Labute approximate surface area is 242 Å². The third kappa shape index (κ3) is 6.29. The summed E-state index contributed by atoms with van der Waals surface area (Å²) >= 11 is 1.23. The molecule has 10 nitrogen and oxygen atoms in total. The lowest BCUT2D eigenvalue weighted by Crippen LogP contribution is -2.43. The minimum absolute atomic E-state index is 0.0231. The molecule has 1 aliphatic carbocycles. The van der Waals surface area contributed by atoms with Crippen molar-refractivity contribution in [3.05, 3.63) is 57.7 Å². The lowest BCUT2D eigenvalue weighted by atomic mass is 9.89. The molecule has 2 aromatic heterocycles. The SMILES string of the molecule is CC(C)(C)OC(=O)C1=C(NC2CCCCC2)Oc2nc3sc(-c4ccccc4)nn3c(=O)c2C1C(=O)OC(C)(C)C. The maximum Gasteiger partial charge on any atom is 0.341 e. The largest absolute Gasteiger partial charge is 0.459 e. The van der Waals surface area contributed by atoms with Crippen molar-refractivity contribution in [2.75, 3.05) is 0 Å². The van der Waals surface area contributed by atoms with E-state index in [1.54, 1.807) is 41.5 Å². The van der Waals surface area contributed by atoms with Crippen LogP contribution < -0.4 is 15.6 Å². The number of aromatic nitrogens is 3. The second-order valence-corrected chi connectivity index (χ2v) is 13.4. The number of carbonyl (C=O) groups excluding carboxylic acids is 2. The van der Waals surface area contributed by atoms with Crippen LogP contribution >= 0.6 is 11.3 Å². The Morgan fingerprint density at radius 1 is 1.00 bits per heavy atom. The lowest BCUT2D eigenvalue weighted by molar-refractivity contribution is -0.160. The van der Waals surface area contributed by atoms with Crippen molar-refractivity contribution in [2.24, 2.45) is 0 Å². The number of hydrogen-bond donors (Lipinski definition) is 1. The summed E-state index contributed by atoms with van der Waals surface area (Å²) in [6.45, 7) is 10.4. The molecule has 0 bridgehead atoms. The van der Waals surface area contributed by atoms with Gasteiger partial charge in [-0.2, -0.15) is 14.6 Å². The lowest BCUT2D eigenvalue weighted by Gasteiger charge is -2.33. The second kappa shape index (κ2) is 10.9. The van der Waals surface area contributed by atoms with Crippen molar-refractivity contribution in [1.82, 2.24) is 19.9 Å². The number of fused-ring (bicyclic) bond motifs is 2. The van der Waals surface area contributed by atoms with Crippen molar-refractivity contribution in [1.29, 1.82) is 0 Å². The van der Waals surface area contributed by atoms with Gasteiger partial charge in [0.25, 0.3) is 5.56 Å². The second-order valence-electron chi connectivity index (χ2n) is 12.4. The van der Waals surface area contributed by atoms with Crippen LogP contribution in [0.15, 0.2) is 46.6 Å². The van der Waals surface area contributed by atoms with Gasteiger partial charge in [0.15, 0.2) is 0 Å². The topological polar surface area (TPSA) is 121 Å². The molecular formula is C30H36N4O6S. The number of ether oxygens (including phenoxy) is 3. The van der Waals surface area contributed by atoms with Gasteiger partial charge in [0.2, 0.25) is 16.7 Å². The Kier molecular flexibility index (Phi) is 7.67. The van der Waals surface area contributed by atoms with Crippen LogP contribution in [-0.2, 0) is 19.1 Å². The molecule has 1 aromatic carbocycles. The highest BCUT2D eigenvalue weighted by atomic mass is 32.1. The standard InChI is InChI=1S/C30H36N4O6S/c1-29(2,3)39-26(36)19-20-22(32-28-34(25(20)35)33-24(41-28)17-13-9-7-10-14-17)38-23(31-18-15-11-8-12-16-18)21(19)27(37)40-30(4,5)6/h7,9-10,13-14,18-19,31H,8,11-12,15-16H2,1-6H3. The summed E-state index contributed by atoms with van der Waals surface area (Å²) in [7, 11) is 0. The van der Waals surface area contributed by atoms with E-state index in [4.69, 9.17) is 14.2 Å². The van der Waals surface area contributed by atoms with Gasteiger partial charge in [0.05, 0.1) is 0 Å². The normalized spacial score (nSPS) is 18.0. The van der Waals surface area contributed by atoms with E-state index in [1.165, 1.54) is 11.3 Å². The van der Waals surface area contributed by atoms with E-state index in [0.29, 0.717) is 9.97 Å².